The Labute approximate surface area is 278 Å². The van der Waals surface area contributed by atoms with Gasteiger partial charge < -0.3 is 14.8 Å². The van der Waals surface area contributed by atoms with E-state index in [0.29, 0.717) is 28.6 Å². The number of aromatic nitrogens is 2. The molecule has 6 nitrogen and oxygen atoms in total. The molecule has 0 bridgehead atoms. The van der Waals surface area contributed by atoms with Crippen LogP contribution in [0.5, 0.6) is 0 Å². The van der Waals surface area contributed by atoms with Crippen LogP contribution in [-0.4, -0.2) is 39.9 Å². The summed E-state index contributed by atoms with van der Waals surface area (Å²) in [5, 5.41) is 5.73. The van der Waals surface area contributed by atoms with Gasteiger partial charge in [-0.05, 0) is 107 Å². The Bertz CT molecular complexity index is 1870. The molecule has 46 heavy (non-hydrogen) atoms. The monoisotopic (exact) mass is 635 g/mol. The van der Waals surface area contributed by atoms with Crippen LogP contribution in [0.4, 0.5) is 5.69 Å². The van der Waals surface area contributed by atoms with E-state index in [4.69, 9.17) is 16.6 Å². The molecule has 0 saturated carbocycles. The standard InChI is InChI=1S/C39H46ClN5O/c1-6-9-12-38-32(26-42-28(5)43-33-16-13-29(14-17-33)30-19-22-44(7-2)23-20-30)24-36(39(46)45(38)8-3)35-18-15-31(25-37(35)40)34-11-10-21-41-27(34)4/h10-18,21,24-26,30H,6-9,19-20,22-23H2,1-5H3,(H,42,43)/b32-26-,38-12-. The van der Waals surface area contributed by atoms with Crippen molar-refractivity contribution in [3.8, 4) is 22.3 Å². The Morgan fingerprint density at radius 3 is 2.41 bits per heavy atom. The third kappa shape index (κ3) is 7.68. The highest BCUT2D eigenvalue weighted by molar-refractivity contribution is 6.33. The number of rotatable bonds is 9. The van der Waals surface area contributed by atoms with E-state index in [-0.39, 0.29) is 5.56 Å². The fourth-order valence-electron chi connectivity index (χ4n) is 6.34. The third-order valence-corrected chi connectivity index (χ3v) is 9.33. The maximum Gasteiger partial charge on any atom is 0.258 e. The Kier molecular flexibility index (Phi) is 11.3. The quantitative estimate of drug-likeness (QED) is 0.152. The molecule has 240 valence electrons. The van der Waals surface area contributed by atoms with Crippen molar-refractivity contribution in [3.05, 3.63) is 104 Å². The van der Waals surface area contributed by atoms with Gasteiger partial charge in [0.25, 0.3) is 5.56 Å². The van der Waals surface area contributed by atoms with Gasteiger partial charge in [0.05, 0.1) is 0 Å². The first kappa shape index (κ1) is 33.4. The van der Waals surface area contributed by atoms with Crippen molar-refractivity contribution in [2.45, 2.75) is 72.8 Å². The van der Waals surface area contributed by atoms with Gasteiger partial charge in [-0.3, -0.25) is 9.78 Å². The van der Waals surface area contributed by atoms with Crippen LogP contribution >= 0.6 is 11.6 Å². The summed E-state index contributed by atoms with van der Waals surface area (Å²) in [6, 6.07) is 20.5. The van der Waals surface area contributed by atoms with E-state index in [9.17, 15) is 4.79 Å². The number of nitrogens with one attached hydrogen (secondary N) is 1. The van der Waals surface area contributed by atoms with Crippen molar-refractivity contribution in [2.75, 3.05) is 25.0 Å². The molecular formula is C39H46ClN5O. The molecule has 1 aliphatic rings. The minimum absolute atomic E-state index is 0.0616. The average Bonchev–Trinajstić information content (AvgIpc) is 3.07. The maximum absolute atomic E-state index is 13.9. The summed E-state index contributed by atoms with van der Waals surface area (Å²) >= 11 is 6.87. The first-order chi connectivity index (χ1) is 22.3. The number of piperidine rings is 1. The molecule has 0 aliphatic carbocycles. The normalized spacial score (nSPS) is 15.5. The van der Waals surface area contributed by atoms with E-state index < -0.39 is 0 Å². The number of hydrogen-bond donors (Lipinski definition) is 1. The summed E-state index contributed by atoms with van der Waals surface area (Å²) in [5.74, 6) is 1.40. The summed E-state index contributed by atoms with van der Waals surface area (Å²) in [6.07, 6.45) is 10.1. The molecule has 0 radical (unpaired) electrons. The van der Waals surface area contributed by atoms with Crippen LogP contribution in [0.1, 0.15) is 70.6 Å². The summed E-state index contributed by atoms with van der Waals surface area (Å²) in [5.41, 5.74) is 6.54. The van der Waals surface area contributed by atoms with Crippen molar-refractivity contribution in [1.29, 1.82) is 0 Å². The lowest BCUT2D eigenvalue weighted by molar-refractivity contribution is 0.222. The molecule has 0 amide bonds. The van der Waals surface area contributed by atoms with Crippen LogP contribution in [0.25, 0.3) is 34.5 Å². The van der Waals surface area contributed by atoms with E-state index in [1.165, 1.54) is 31.5 Å². The predicted molar refractivity (Wildman–Crippen MR) is 195 cm³/mol. The van der Waals surface area contributed by atoms with Crippen molar-refractivity contribution in [3.63, 3.8) is 0 Å². The van der Waals surface area contributed by atoms with Crippen LogP contribution in [0.15, 0.2) is 76.6 Å². The highest BCUT2D eigenvalue weighted by Crippen LogP contribution is 2.32. The van der Waals surface area contributed by atoms with Gasteiger partial charge in [-0.2, -0.15) is 0 Å². The predicted octanol–water partition coefficient (Wildman–Crippen LogP) is 7.61. The van der Waals surface area contributed by atoms with Crippen LogP contribution in [0.3, 0.4) is 0 Å². The molecule has 3 heterocycles. The van der Waals surface area contributed by atoms with Gasteiger partial charge in [0.15, 0.2) is 0 Å². The summed E-state index contributed by atoms with van der Waals surface area (Å²) in [6.45, 7) is 14.4. The van der Waals surface area contributed by atoms with Gasteiger partial charge in [-0.1, -0.05) is 68.3 Å². The zero-order chi connectivity index (χ0) is 32.6. The lowest BCUT2D eigenvalue weighted by Gasteiger charge is -2.31. The first-order valence-electron chi connectivity index (χ1n) is 16.6. The number of pyridine rings is 2. The molecule has 0 spiro atoms. The number of likely N-dealkylation sites (tertiary alicyclic amines) is 1. The van der Waals surface area contributed by atoms with Gasteiger partial charge in [0.1, 0.15) is 5.84 Å². The minimum atomic E-state index is -0.0616. The van der Waals surface area contributed by atoms with E-state index in [1.54, 1.807) is 6.20 Å². The molecule has 1 fully saturated rings. The third-order valence-electron chi connectivity index (χ3n) is 9.02. The van der Waals surface area contributed by atoms with Crippen LogP contribution in [-0.2, 0) is 6.54 Å². The second kappa shape index (κ2) is 15.5. The minimum Gasteiger partial charge on any atom is -0.344 e. The molecule has 0 atom stereocenters. The second-order valence-corrected chi connectivity index (χ2v) is 12.5. The van der Waals surface area contributed by atoms with Crippen molar-refractivity contribution >= 4 is 35.4 Å². The molecule has 2 aromatic carbocycles. The highest BCUT2D eigenvalue weighted by Gasteiger charge is 2.19. The molecule has 7 heteroatoms. The largest absolute Gasteiger partial charge is 0.344 e. The van der Waals surface area contributed by atoms with E-state index in [0.717, 1.165) is 58.3 Å². The molecule has 1 N–H and O–H groups in total. The van der Waals surface area contributed by atoms with Gasteiger partial charge in [-0.15, -0.1) is 0 Å². The number of anilines is 1. The SMILES string of the molecule is CCC/C=c1/c(=C\N=C(C)Nc2ccc(C3CCN(CC)CC3)cc2)cc(-c2ccc(-c3cccnc3C)cc2Cl)c(=O)n1CC. The molecule has 2 aromatic heterocycles. The zero-order valence-electron chi connectivity index (χ0n) is 27.8. The van der Waals surface area contributed by atoms with Crippen molar-refractivity contribution < 1.29 is 0 Å². The van der Waals surface area contributed by atoms with Gasteiger partial charge in [0.2, 0.25) is 0 Å². The molecular weight excluding hydrogens is 590 g/mol. The van der Waals surface area contributed by atoms with Gasteiger partial charge >= 0.3 is 0 Å². The van der Waals surface area contributed by atoms with Crippen LogP contribution < -0.4 is 21.4 Å². The Morgan fingerprint density at radius 1 is 1.00 bits per heavy atom. The summed E-state index contributed by atoms with van der Waals surface area (Å²) in [4.78, 5) is 25.6. The van der Waals surface area contributed by atoms with E-state index in [1.807, 2.05) is 67.9 Å². The van der Waals surface area contributed by atoms with E-state index >= 15 is 0 Å². The highest BCUT2D eigenvalue weighted by atomic mass is 35.5. The number of hydrogen-bond acceptors (Lipinski definition) is 4. The van der Waals surface area contributed by atoms with Crippen molar-refractivity contribution in [1.82, 2.24) is 14.5 Å². The molecule has 1 aliphatic heterocycles. The topological polar surface area (TPSA) is 62.5 Å². The van der Waals surface area contributed by atoms with Crippen LogP contribution in [0, 0.1) is 6.92 Å². The Hall–Kier alpha value is -4.00. The van der Waals surface area contributed by atoms with Gasteiger partial charge in [-0.25, -0.2) is 4.99 Å². The number of unbranched alkanes of at least 4 members (excludes halogenated alkanes) is 1. The number of aryl methyl sites for hydroxylation is 1. The molecule has 4 aromatic rings. The fraction of sp³-hybridized carbons (Fsp3) is 0.359. The average molecular weight is 636 g/mol. The van der Waals surface area contributed by atoms with Gasteiger partial charge in [0, 0.05) is 62.6 Å². The first-order valence-corrected chi connectivity index (χ1v) is 17.0. The lowest BCUT2D eigenvalue weighted by atomic mass is 9.89. The Balaban J connectivity index is 1.47. The second-order valence-electron chi connectivity index (χ2n) is 12.1. The fourth-order valence-corrected chi connectivity index (χ4v) is 6.62. The van der Waals surface area contributed by atoms with Crippen molar-refractivity contribution in [2.24, 2.45) is 4.99 Å². The number of amidine groups is 1. The maximum atomic E-state index is 13.9. The van der Waals surface area contributed by atoms with E-state index in [2.05, 4.69) is 59.4 Å². The smallest absolute Gasteiger partial charge is 0.258 e. The number of halogens is 1. The number of aliphatic imine (C=N–C) groups is 1. The lowest BCUT2D eigenvalue weighted by Crippen LogP contribution is -2.43. The number of benzene rings is 2. The summed E-state index contributed by atoms with van der Waals surface area (Å²) in [7, 11) is 0. The molecule has 1 saturated heterocycles. The summed E-state index contributed by atoms with van der Waals surface area (Å²) < 4.78 is 1.83. The number of nitrogens with zero attached hydrogens (tertiary/aromatic N) is 4. The molecule has 5 rings (SSSR count). The zero-order valence-corrected chi connectivity index (χ0v) is 28.6. The molecule has 0 unspecified atom stereocenters. The van der Waals surface area contributed by atoms with Crippen LogP contribution in [0.2, 0.25) is 5.02 Å². The Morgan fingerprint density at radius 2 is 1.76 bits per heavy atom.